The van der Waals surface area contributed by atoms with E-state index < -0.39 is 0 Å². The van der Waals surface area contributed by atoms with E-state index in [0.717, 1.165) is 23.2 Å². The Morgan fingerprint density at radius 2 is 2.04 bits per heavy atom. The number of hydrogen-bond donors (Lipinski definition) is 1. The lowest BCUT2D eigenvalue weighted by atomic mass is 10.1. The average molecular weight is 352 g/mol. The highest BCUT2D eigenvalue weighted by molar-refractivity contribution is 6.30. The van der Waals surface area contributed by atoms with Gasteiger partial charge in [0.05, 0.1) is 28.5 Å². The zero-order valence-corrected chi connectivity index (χ0v) is 13.9. The van der Waals surface area contributed by atoms with Crippen LogP contribution in [0.2, 0.25) is 5.02 Å². The molecular weight excluding hydrogens is 338 g/mol. The highest BCUT2D eigenvalue weighted by atomic mass is 35.5. The molecule has 0 atom stereocenters. The highest BCUT2D eigenvalue weighted by Gasteiger charge is 2.11. The molecule has 25 heavy (non-hydrogen) atoms. The molecule has 0 saturated heterocycles. The van der Waals surface area contributed by atoms with Crippen molar-refractivity contribution < 1.29 is 4.74 Å². The second kappa shape index (κ2) is 7.71. The number of nitriles is 1. The lowest BCUT2D eigenvalue weighted by molar-refractivity contribution is 0.456. The summed E-state index contributed by atoms with van der Waals surface area (Å²) in [5, 5.41) is 17.2. The van der Waals surface area contributed by atoms with Crippen molar-refractivity contribution in [2.24, 2.45) is 5.73 Å². The van der Waals surface area contributed by atoms with Crippen LogP contribution >= 0.6 is 11.6 Å². The van der Waals surface area contributed by atoms with Crippen LogP contribution in [-0.4, -0.2) is 21.7 Å². The third kappa shape index (κ3) is 4.10. The molecule has 0 saturated carbocycles. The molecule has 2 heterocycles. The van der Waals surface area contributed by atoms with Crippen LogP contribution in [0.15, 0.2) is 48.8 Å². The van der Waals surface area contributed by atoms with Crippen molar-refractivity contribution >= 4 is 11.6 Å². The monoisotopic (exact) mass is 351 g/mol. The number of ether oxygens (including phenoxy) is 1. The Morgan fingerprint density at radius 3 is 2.72 bits per heavy atom. The van der Waals surface area contributed by atoms with Crippen LogP contribution in [0.25, 0.3) is 11.3 Å². The van der Waals surface area contributed by atoms with Gasteiger partial charge in [-0.3, -0.25) is 4.98 Å². The maximum absolute atomic E-state index is 9.15. The van der Waals surface area contributed by atoms with Gasteiger partial charge < -0.3 is 10.5 Å². The smallest absolute Gasteiger partial charge is 0.240 e. The number of rotatable bonds is 5. The Labute approximate surface area is 149 Å². The van der Waals surface area contributed by atoms with Gasteiger partial charge in [0.15, 0.2) is 0 Å². The second-order valence-corrected chi connectivity index (χ2v) is 5.66. The van der Waals surface area contributed by atoms with Crippen molar-refractivity contribution in [1.82, 2.24) is 15.2 Å². The molecule has 0 radical (unpaired) electrons. The van der Waals surface area contributed by atoms with Crippen molar-refractivity contribution in [3.63, 3.8) is 0 Å². The fraction of sp³-hybridized carbons (Fsp3) is 0.111. The molecule has 2 N–H and O–H groups in total. The van der Waals surface area contributed by atoms with Gasteiger partial charge in [0.1, 0.15) is 5.75 Å². The third-order valence-corrected chi connectivity index (χ3v) is 3.66. The molecule has 3 aromatic rings. The first-order valence-electron chi connectivity index (χ1n) is 7.55. The average Bonchev–Trinajstić information content (AvgIpc) is 2.63. The van der Waals surface area contributed by atoms with E-state index in [4.69, 9.17) is 27.3 Å². The Balaban J connectivity index is 1.99. The molecule has 0 fully saturated rings. The molecule has 0 aliphatic carbocycles. The summed E-state index contributed by atoms with van der Waals surface area (Å²) in [5.41, 5.74) is 8.54. The van der Waals surface area contributed by atoms with E-state index in [0.29, 0.717) is 22.9 Å². The molecular formula is C18H14ClN5O. The predicted octanol–water partition coefficient (Wildman–Crippen LogP) is 3.36. The SMILES string of the molecule is N#Cc1ccc(-c2ccc(CCN)cn2)c(Oc2cc(Cl)cnn2)c1. The molecule has 0 amide bonds. The van der Waals surface area contributed by atoms with Crippen LogP contribution in [0, 0.1) is 11.3 Å². The summed E-state index contributed by atoms with van der Waals surface area (Å²) in [6, 6.07) is 12.6. The Bertz CT molecular complexity index is 921. The van der Waals surface area contributed by atoms with E-state index in [1.165, 1.54) is 6.20 Å². The van der Waals surface area contributed by atoms with Gasteiger partial charge in [-0.15, -0.1) is 5.10 Å². The predicted molar refractivity (Wildman–Crippen MR) is 94.3 cm³/mol. The van der Waals surface area contributed by atoms with Gasteiger partial charge in [0.2, 0.25) is 5.88 Å². The molecule has 124 valence electrons. The van der Waals surface area contributed by atoms with E-state index in [9.17, 15) is 0 Å². The van der Waals surface area contributed by atoms with Crippen molar-refractivity contribution in [2.45, 2.75) is 6.42 Å². The number of pyridine rings is 1. The zero-order chi connectivity index (χ0) is 17.6. The molecule has 2 aromatic heterocycles. The molecule has 6 nitrogen and oxygen atoms in total. The summed E-state index contributed by atoms with van der Waals surface area (Å²) in [5.74, 6) is 0.693. The van der Waals surface area contributed by atoms with E-state index in [1.807, 2.05) is 12.1 Å². The van der Waals surface area contributed by atoms with E-state index >= 15 is 0 Å². The molecule has 7 heteroatoms. The van der Waals surface area contributed by atoms with E-state index in [1.54, 1.807) is 30.5 Å². The number of nitrogens with two attached hydrogens (primary N) is 1. The third-order valence-electron chi connectivity index (χ3n) is 3.46. The summed E-state index contributed by atoms with van der Waals surface area (Å²) in [7, 11) is 0. The summed E-state index contributed by atoms with van der Waals surface area (Å²) < 4.78 is 5.80. The minimum absolute atomic E-state index is 0.239. The van der Waals surface area contributed by atoms with Crippen LogP contribution in [0.3, 0.4) is 0 Å². The summed E-state index contributed by atoms with van der Waals surface area (Å²) in [6.45, 7) is 0.569. The van der Waals surface area contributed by atoms with Crippen molar-refractivity contribution in [3.8, 4) is 29.0 Å². The number of halogens is 1. The van der Waals surface area contributed by atoms with Crippen LogP contribution in [0.5, 0.6) is 11.6 Å². The van der Waals surface area contributed by atoms with Crippen LogP contribution in [0.1, 0.15) is 11.1 Å². The molecule has 3 rings (SSSR count). The minimum atomic E-state index is 0.239. The molecule has 0 spiro atoms. The Morgan fingerprint density at radius 1 is 1.16 bits per heavy atom. The number of aromatic nitrogens is 3. The first kappa shape index (κ1) is 16.8. The van der Waals surface area contributed by atoms with Gasteiger partial charge in [-0.2, -0.15) is 10.4 Å². The largest absolute Gasteiger partial charge is 0.437 e. The first-order chi connectivity index (χ1) is 12.2. The molecule has 0 unspecified atom stereocenters. The zero-order valence-electron chi connectivity index (χ0n) is 13.2. The van der Waals surface area contributed by atoms with E-state index in [-0.39, 0.29) is 5.88 Å². The van der Waals surface area contributed by atoms with Gasteiger partial charge in [-0.25, -0.2) is 0 Å². The van der Waals surface area contributed by atoms with Gasteiger partial charge >= 0.3 is 0 Å². The molecule has 1 aromatic carbocycles. The van der Waals surface area contributed by atoms with Crippen LogP contribution < -0.4 is 10.5 Å². The number of nitrogens with zero attached hydrogens (tertiary/aromatic N) is 4. The first-order valence-corrected chi connectivity index (χ1v) is 7.93. The molecule has 0 aliphatic heterocycles. The fourth-order valence-corrected chi connectivity index (χ4v) is 2.41. The number of hydrogen-bond acceptors (Lipinski definition) is 6. The van der Waals surface area contributed by atoms with Gasteiger partial charge in [-0.1, -0.05) is 17.7 Å². The Hall–Kier alpha value is -3.01. The van der Waals surface area contributed by atoms with Crippen molar-refractivity contribution in [1.29, 1.82) is 5.26 Å². The normalized spacial score (nSPS) is 10.3. The lowest BCUT2D eigenvalue weighted by Crippen LogP contribution is -2.03. The van der Waals surface area contributed by atoms with Crippen LogP contribution in [-0.2, 0) is 6.42 Å². The quantitative estimate of drug-likeness (QED) is 0.756. The summed E-state index contributed by atoms with van der Waals surface area (Å²) in [4.78, 5) is 4.46. The number of benzene rings is 1. The fourth-order valence-electron chi connectivity index (χ4n) is 2.27. The maximum Gasteiger partial charge on any atom is 0.240 e. The molecule has 0 aliphatic rings. The topological polar surface area (TPSA) is 97.7 Å². The van der Waals surface area contributed by atoms with Crippen molar-refractivity contribution in [3.05, 3.63) is 64.9 Å². The summed E-state index contributed by atoms with van der Waals surface area (Å²) >= 11 is 5.92. The standard InChI is InChI=1S/C18H14ClN5O/c19-14-8-18(24-23-11-14)25-17-7-13(9-21)1-3-15(17)16-4-2-12(5-6-20)10-22-16/h1-4,7-8,10-11H,5-6,20H2. The summed E-state index contributed by atoms with van der Waals surface area (Å²) in [6.07, 6.45) is 3.96. The van der Waals surface area contributed by atoms with Crippen LogP contribution in [0.4, 0.5) is 0 Å². The Kier molecular flexibility index (Phi) is 5.19. The van der Waals surface area contributed by atoms with Crippen molar-refractivity contribution in [2.75, 3.05) is 6.54 Å². The van der Waals surface area contributed by atoms with Gasteiger partial charge in [0.25, 0.3) is 0 Å². The maximum atomic E-state index is 9.15. The highest BCUT2D eigenvalue weighted by Crippen LogP contribution is 2.33. The minimum Gasteiger partial charge on any atom is -0.437 e. The molecule has 0 bridgehead atoms. The van der Waals surface area contributed by atoms with Gasteiger partial charge in [-0.05, 0) is 42.8 Å². The van der Waals surface area contributed by atoms with E-state index in [2.05, 4.69) is 21.3 Å². The lowest BCUT2D eigenvalue weighted by Gasteiger charge is -2.11. The second-order valence-electron chi connectivity index (χ2n) is 5.23. The van der Waals surface area contributed by atoms with Gasteiger partial charge in [0, 0.05) is 17.8 Å².